The highest BCUT2D eigenvalue weighted by Crippen LogP contribution is 2.05. The van der Waals surface area contributed by atoms with E-state index >= 15 is 0 Å². The van der Waals surface area contributed by atoms with Gasteiger partial charge in [0, 0.05) is 26.2 Å². The van der Waals surface area contributed by atoms with Crippen LogP contribution in [0.3, 0.4) is 0 Å². The smallest absolute Gasteiger partial charge is 0.240 e. The lowest BCUT2D eigenvalue weighted by Crippen LogP contribution is -2.49. The number of guanidine groups is 1. The van der Waals surface area contributed by atoms with Crippen molar-refractivity contribution < 1.29 is 4.79 Å². The van der Waals surface area contributed by atoms with Crippen LogP contribution in [0.1, 0.15) is 38.8 Å². The number of amides is 1. The van der Waals surface area contributed by atoms with Crippen LogP contribution in [0.5, 0.6) is 0 Å². The Balaban J connectivity index is 2.44. The second kappa shape index (κ2) is 9.30. The van der Waals surface area contributed by atoms with Gasteiger partial charge in [0.1, 0.15) is 0 Å². The Morgan fingerprint density at radius 2 is 1.75 bits per heavy atom. The van der Waals surface area contributed by atoms with Crippen LogP contribution in [0, 0.1) is 0 Å². The molecule has 1 amide bonds. The first-order valence-electron chi connectivity index (χ1n) is 8.55. The van der Waals surface area contributed by atoms with Crippen molar-refractivity contribution in [2.75, 3.05) is 27.2 Å². The molecule has 0 atom stereocenters. The van der Waals surface area contributed by atoms with Crippen molar-refractivity contribution in [1.29, 1.82) is 0 Å². The van der Waals surface area contributed by atoms with Crippen molar-refractivity contribution >= 4 is 11.9 Å². The lowest BCUT2D eigenvalue weighted by atomic mass is 10.1. The van der Waals surface area contributed by atoms with E-state index in [2.05, 4.69) is 46.8 Å². The van der Waals surface area contributed by atoms with Crippen molar-refractivity contribution in [2.45, 2.75) is 46.1 Å². The van der Waals surface area contributed by atoms with Gasteiger partial charge in [-0.15, -0.1) is 0 Å². The van der Waals surface area contributed by atoms with Crippen molar-refractivity contribution in [3.8, 4) is 0 Å². The highest BCUT2D eigenvalue weighted by molar-refractivity contribution is 5.86. The minimum absolute atomic E-state index is 0.0110. The molecular formula is C19H32N4O. The molecule has 5 heteroatoms. The molecule has 0 bridgehead atoms. The van der Waals surface area contributed by atoms with Crippen LogP contribution in [-0.2, 0) is 17.6 Å². The van der Waals surface area contributed by atoms with Crippen molar-refractivity contribution in [3.63, 3.8) is 0 Å². The summed E-state index contributed by atoms with van der Waals surface area (Å²) in [7, 11) is 3.60. The molecule has 134 valence electrons. The van der Waals surface area contributed by atoms with Crippen LogP contribution in [0.25, 0.3) is 0 Å². The van der Waals surface area contributed by atoms with E-state index in [-0.39, 0.29) is 18.0 Å². The molecule has 0 aliphatic rings. The summed E-state index contributed by atoms with van der Waals surface area (Å²) in [4.78, 5) is 18.1. The molecule has 0 spiro atoms. The normalized spacial score (nSPS) is 12.0. The van der Waals surface area contributed by atoms with E-state index in [1.54, 1.807) is 7.05 Å². The second-order valence-electron chi connectivity index (χ2n) is 7.05. The third-order valence-corrected chi connectivity index (χ3v) is 3.60. The Kier molecular flexibility index (Phi) is 7.75. The fourth-order valence-electron chi connectivity index (χ4n) is 2.39. The topological polar surface area (TPSA) is 56.7 Å². The summed E-state index contributed by atoms with van der Waals surface area (Å²) < 4.78 is 0. The van der Waals surface area contributed by atoms with Gasteiger partial charge >= 0.3 is 0 Å². The maximum absolute atomic E-state index is 12.0. The lowest BCUT2D eigenvalue weighted by molar-refractivity contribution is -0.122. The zero-order valence-electron chi connectivity index (χ0n) is 15.9. The molecule has 0 saturated carbocycles. The summed E-state index contributed by atoms with van der Waals surface area (Å²) >= 11 is 0. The van der Waals surface area contributed by atoms with Gasteiger partial charge in [0.2, 0.25) is 5.91 Å². The zero-order valence-corrected chi connectivity index (χ0v) is 15.9. The first-order chi connectivity index (χ1) is 11.2. The number of likely N-dealkylation sites (N-methyl/N-ethyl adjacent to an activating group) is 1. The number of carbonyl (C=O) groups excluding carboxylic acids is 1. The Labute approximate surface area is 146 Å². The molecule has 0 heterocycles. The van der Waals surface area contributed by atoms with Crippen LogP contribution < -0.4 is 10.6 Å². The highest BCUT2D eigenvalue weighted by atomic mass is 16.2. The summed E-state index contributed by atoms with van der Waals surface area (Å²) in [6.45, 7) is 9.14. The number of hydrogen-bond acceptors (Lipinski definition) is 2. The molecule has 0 fully saturated rings. The van der Waals surface area contributed by atoms with E-state index < -0.39 is 0 Å². The summed E-state index contributed by atoms with van der Waals surface area (Å²) in [6.07, 6.45) is 1.98. The number of aryl methyl sites for hydroxylation is 1. The molecule has 0 aliphatic heterocycles. The number of rotatable bonds is 6. The first kappa shape index (κ1) is 20.0. The van der Waals surface area contributed by atoms with Crippen LogP contribution in [0.15, 0.2) is 29.3 Å². The van der Waals surface area contributed by atoms with E-state index in [0.717, 1.165) is 25.3 Å². The van der Waals surface area contributed by atoms with Gasteiger partial charge < -0.3 is 15.5 Å². The Hall–Kier alpha value is -2.04. The fraction of sp³-hybridized carbons (Fsp3) is 0.579. The van der Waals surface area contributed by atoms with E-state index in [4.69, 9.17) is 0 Å². The number of nitrogens with one attached hydrogen (secondary N) is 2. The molecular weight excluding hydrogens is 300 g/mol. The van der Waals surface area contributed by atoms with Crippen molar-refractivity contribution in [2.24, 2.45) is 4.99 Å². The zero-order chi connectivity index (χ0) is 18.2. The molecule has 0 unspecified atom stereocenters. The van der Waals surface area contributed by atoms with Gasteiger partial charge in [-0.3, -0.25) is 9.79 Å². The predicted molar refractivity (Wildman–Crippen MR) is 101 cm³/mol. The summed E-state index contributed by atoms with van der Waals surface area (Å²) in [6, 6.07) is 8.69. The maximum atomic E-state index is 12.0. The number of carbonyl (C=O) groups is 1. The van der Waals surface area contributed by atoms with Gasteiger partial charge in [0.05, 0.1) is 6.54 Å². The second-order valence-corrected chi connectivity index (χ2v) is 7.05. The molecule has 1 rings (SSSR count). The summed E-state index contributed by atoms with van der Waals surface area (Å²) in [5.41, 5.74) is 2.43. The third-order valence-electron chi connectivity index (χ3n) is 3.60. The monoisotopic (exact) mass is 332 g/mol. The molecule has 1 aromatic carbocycles. The Morgan fingerprint density at radius 1 is 1.17 bits per heavy atom. The van der Waals surface area contributed by atoms with E-state index in [9.17, 15) is 4.79 Å². The standard InChI is InChI=1S/C19H32N4O/c1-7-15-8-10-16(11-9-15)12-13-21-18(20-5)23(6)14-17(24)22-19(2,3)4/h8-11H,7,12-14H2,1-6H3,(H,20,21)(H,22,24). The lowest BCUT2D eigenvalue weighted by Gasteiger charge is -2.25. The van der Waals surface area contributed by atoms with Gasteiger partial charge in [0.15, 0.2) is 5.96 Å². The minimum atomic E-state index is -0.223. The first-order valence-corrected chi connectivity index (χ1v) is 8.55. The number of hydrogen-bond donors (Lipinski definition) is 2. The largest absolute Gasteiger partial charge is 0.356 e. The number of nitrogens with zero attached hydrogens (tertiary/aromatic N) is 2. The maximum Gasteiger partial charge on any atom is 0.240 e. The van der Waals surface area contributed by atoms with Crippen molar-refractivity contribution in [1.82, 2.24) is 15.5 Å². The minimum Gasteiger partial charge on any atom is -0.356 e. The van der Waals surface area contributed by atoms with Gasteiger partial charge in [0.25, 0.3) is 0 Å². The molecule has 0 radical (unpaired) electrons. The van der Waals surface area contributed by atoms with Gasteiger partial charge in [-0.05, 0) is 44.7 Å². The van der Waals surface area contributed by atoms with E-state index in [1.165, 1.54) is 11.1 Å². The van der Waals surface area contributed by atoms with Crippen LogP contribution in [0.4, 0.5) is 0 Å². The molecule has 2 N–H and O–H groups in total. The summed E-state index contributed by atoms with van der Waals surface area (Å²) in [5, 5.41) is 6.27. The Bertz CT molecular complexity index is 543. The fourth-order valence-corrected chi connectivity index (χ4v) is 2.39. The average Bonchev–Trinajstić information content (AvgIpc) is 2.50. The molecule has 0 aliphatic carbocycles. The third kappa shape index (κ3) is 7.49. The predicted octanol–water partition coefficient (Wildman–Crippen LogP) is 2.21. The Morgan fingerprint density at radius 3 is 2.25 bits per heavy atom. The van der Waals surface area contributed by atoms with Crippen LogP contribution in [-0.4, -0.2) is 49.5 Å². The van der Waals surface area contributed by atoms with Crippen molar-refractivity contribution in [3.05, 3.63) is 35.4 Å². The van der Waals surface area contributed by atoms with E-state index in [0.29, 0.717) is 0 Å². The molecule has 24 heavy (non-hydrogen) atoms. The molecule has 5 nitrogen and oxygen atoms in total. The quantitative estimate of drug-likeness (QED) is 0.620. The number of benzene rings is 1. The molecule has 0 aromatic heterocycles. The molecule has 1 aromatic rings. The number of aliphatic imine (C=N–C) groups is 1. The van der Waals surface area contributed by atoms with Crippen LogP contribution in [0.2, 0.25) is 0 Å². The van der Waals surface area contributed by atoms with Gasteiger partial charge in [-0.25, -0.2) is 0 Å². The van der Waals surface area contributed by atoms with Gasteiger partial charge in [-0.1, -0.05) is 31.2 Å². The SMILES string of the molecule is CCc1ccc(CCNC(=NC)N(C)CC(=O)NC(C)(C)C)cc1. The molecule has 0 saturated heterocycles. The average molecular weight is 332 g/mol. The summed E-state index contributed by atoms with van der Waals surface area (Å²) in [5.74, 6) is 0.715. The van der Waals surface area contributed by atoms with E-state index in [1.807, 2.05) is 32.7 Å². The highest BCUT2D eigenvalue weighted by Gasteiger charge is 2.16. The van der Waals surface area contributed by atoms with Gasteiger partial charge in [-0.2, -0.15) is 0 Å². The van der Waals surface area contributed by atoms with Crippen LogP contribution >= 0.6 is 0 Å².